The van der Waals surface area contributed by atoms with Crippen LogP contribution in [0.2, 0.25) is 5.02 Å². The van der Waals surface area contributed by atoms with Crippen LogP contribution in [-0.2, 0) is 16.4 Å². The van der Waals surface area contributed by atoms with E-state index in [-0.39, 0.29) is 11.8 Å². The topological polar surface area (TPSA) is 72.2 Å². The van der Waals surface area contributed by atoms with E-state index in [0.29, 0.717) is 13.0 Å². The second-order valence-electron chi connectivity index (χ2n) is 4.41. The molecule has 1 aromatic rings. The first-order valence-electron chi connectivity index (χ1n) is 5.85. The Hall–Kier alpha value is -0.620. The van der Waals surface area contributed by atoms with E-state index in [4.69, 9.17) is 16.7 Å². The van der Waals surface area contributed by atoms with Crippen molar-refractivity contribution in [3.8, 4) is 0 Å². The Balaban J connectivity index is 2.25. The van der Waals surface area contributed by atoms with Gasteiger partial charge in [-0.1, -0.05) is 23.7 Å². The van der Waals surface area contributed by atoms with E-state index in [0.717, 1.165) is 11.4 Å². The van der Waals surface area contributed by atoms with Crippen LogP contribution in [0.25, 0.3) is 0 Å². The Bertz CT molecular complexity index is 459. The third-order valence-electron chi connectivity index (χ3n) is 2.55. The number of nitrogens with two attached hydrogens (primary N) is 1. The van der Waals surface area contributed by atoms with Crippen molar-refractivity contribution in [2.45, 2.75) is 25.8 Å². The monoisotopic (exact) mass is 290 g/mol. The zero-order chi connectivity index (χ0) is 13.6. The van der Waals surface area contributed by atoms with Gasteiger partial charge >= 0.3 is 0 Å². The van der Waals surface area contributed by atoms with Gasteiger partial charge in [-0.15, -0.1) is 0 Å². The summed E-state index contributed by atoms with van der Waals surface area (Å²) in [7, 11) is -3.34. The van der Waals surface area contributed by atoms with E-state index in [1.54, 1.807) is 0 Å². The van der Waals surface area contributed by atoms with Gasteiger partial charge in [-0.05, 0) is 44.0 Å². The predicted molar refractivity (Wildman–Crippen MR) is 75.2 cm³/mol. The maximum Gasteiger partial charge on any atom is 0.209 e. The second kappa shape index (κ2) is 7.09. The maximum absolute atomic E-state index is 10.7. The highest BCUT2D eigenvalue weighted by Crippen LogP contribution is 2.10. The number of sulfonamides is 1. The molecule has 1 rings (SSSR count). The number of nitrogens with one attached hydrogen (secondary N) is 1. The Kier molecular flexibility index (Phi) is 6.08. The summed E-state index contributed by atoms with van der Waals surface area (Å²) in [5.74, 6) is 0.0215. The Morgan fingerprint density at radius 1 is 1.33 bits per heavy atom. The number of rotatable bonds is 7. The molecule has 0 amide bonds. The minimum atomic E-state index is -3.34. The minimum Gasteiger partial charge on any atom is -0.314 e. The van der Waals surface area contributed by atoms with Crippen LogP contribution in [0.4, 0.5) is 0 Å². The van der Waals surface area contributed by atoms with Gasteiger partial charge in [0.1, 0.15) is 0 Å². The molecule has 1 aromatic carbocycles. The molecule has 0 saturated carbocycles. The van der Waals surface area contributed by atoms with Crippen LogP contribution in [0.5, 0.6) is 0 Å². The van der Waals surface area contributed by atoms with Crippen LogP contribution in [0.15, 0.2) is 24.3 Å². The van der Waals surface area contributed by atoms with Crippen LogP contribution in [0, 0.1) is 0 Å². The van der Waals surface area contributed by atoms with E-state index in [2.05, 4.69) is 12.2 Å². The molecule has 4 nitrogen and oxygen atoms in total. The van der Waals surface area contributed by atoms with E-state index < -0.39 is 10.0 Å². The van der Waals surface area contributed by atoms with E-state index >= 15 is 0 Å². The first kappa shape index (κ1) is 15.4. The lowest BCUT2D eigenvalue weighted by molar-refractivity contribution is 0.539. The lowest BCUT2D eigenvalue weighted by Gasteiger charge is -2.13. The molecule has 0 aliphatic carbocycles. The lowest BCUT2D eigenvalue weighted by Crippen LogP contribution is -2.30. The summed E-state index contributed by atoms with van der Waals surface area (Å²) in [6, 6.07) is 8.00. The highest BCUT2D eigenvalue weighted by atomic mass is 35.5. The summed E-state index contributed by atoms with van der Waals surface area (Å²) in [4.78, 5) is 0. The number of benzene rings is 1. The van der Waals surface area contributed by atoms with Gasteiger partial charge in [0.15, 0.2) is 0 Å². The minimum absolute atomic E-state index is 0.0215. The molecule has 102 valence electrons. The summed E-state index contributed by atoms with van der Waals surface area (Å²) in [6.07, 6.45) is 1.41. The van der Waals surface area contributed by atoms with Crippen LogP contribution < -0.4 is 10.5 Å². The molecule has 0 saturated heterocycles. The molecule has 0 aromatic heterocycles. The van der Waals surface area contributed by atoms with E-state index in [1.807, 2.05) is 24.3 Å². The fraction of sp³-hybridized carbons (Fsp3) is 0.500. The SMILES string of the molecule is CC(Cc1ccc(Cl)cc1)NCCCS(N)(=O)=O. The largest absolute Gasteiger partial charge is 0.314 e. The molecular formula is C12H19ClN2O2S. The number of hydrogen-bond acceptors (Lipinski definition) is 3. The highest BCUT2D eigenvalue weighted by molar-refractivity contribution is 7.89. The summed E-state index contributed by atoms with van der Waals surface area (Å²) >= 11 is 5.81. The third kappa shape index (κ3) is 6.96. The molecule has 18 heavy (non-hydrogen) atoms. The van der Waals surface area contributed by atoms with Crippen molar-refractivity contribution >= 4 is 21.6 Å². The first-order chi connectivity index (χ1) is 8.37. The second-order valence-corrected chi connectivity index (χ2v) is 6.58. The first-order valence-corrected chi connectivity index (χ1v) is 7.94. The zero-order valence-corrected chi connectivity index (χ0v) is 12.0. The fourth-order valence-electron chi connectivity index (χ4n) is 1.67. The molecule has 3 N–H and O–H groups in total. The molecule has 0 radical (unpaired) electrons. The van der Waals surface area contributed by atoms with E-state index in [1.165, 1.54) is 5.56 Å². The van der Waals surface area contributed by atoms with Gasteiger partial charge in [0.25, 0.3) is 0 Å². The van der Waals surface area contributed by atoms with Crippen LogP contribution in [0.3, 0.4) is 0 Å². The van der Waals surface area contributed by atoms with Gasteiger partial charge in [-0.3, -0.25) is 0 Å². The molecule has 0 fully saturated rings. The van der Waals surface area contributed by atoms with Crippen LogP contribution in [-0.4, -0.2) is 26.8 Å². The van der Waals surface area contributed by atoms with Crippen molar-refractivity contribution in [1.82, 2.24) is 5.32 Å². The van der Waals surface area contributed by atoms with E-state index in [9.17, 15) is 8.42 Å². The average Bonchev–Trinajstić information content (AvgIpc) is 2.26. The van der Waals surface area contributed by atoms with Crippen molar-refractivity contribution in [2.24, 2.45) is 5.14 Å². The molecule has 0 heterocycles. The standard InChI is InChI=1S/C12H19ClN2O2S/c1-10(15-7-2-8-18(14,16)17)9-11-3-5-12(13)6-4-11/h3-6,10,15H,2,7-9H2,1H3,(H2,14,16,17). The van der Waals surface area contributed by atoms with Gasteiger partial charge in [0.2, 0.25) is 10.0 Å². The number of hydrogen-bond donors (Lipinski definition) is 2. The lowest BCUT2D eigenvalue weighted by atomic mass is 10.1. The Morgan fingerprint density at radius 2 is 1.94 bits per heavy atom. The van der Waals surface area contributed by atoms with Crippen LogP contribution in [0.1, 0.15) is 18.9 Å². The van der Waals surface area contributed by atoms with Crippen molar-refractivity contribution in [2.75, 3.05) is 12.3 Å². The summed E-state index contributed by atoms with van der Waals surface area (Å²) in [5, 5.41) is 8.92. The van der Waals surface area contributed by atoms with Gasteiger partial charge in [-0.2, -0.15) is 0 Å². The maximum atomic E-state index is 10.7. The van der Waals surface area contributed by atoms with Crippen molar-refractivity contribution in [3.63, 3.8) is 0 Å². The fourth-order valence-corrected chi connectivity index (χ4v) is 2.34. The Morgan fingerprint density at radius 3 is 2.50 bits per heavy atom. The molecule has 1 unspecified atom stereocenters. The molecule has 6 heteroatoms. The molecule has 0 spiro atoms. The number of halogens is 1. The number of primary sulfonamides is 1. The quantitative estimate of drug-likeness (QED) is 0.748. The highest BCUT2D eigenvalue weighted by Gasteiger charge is 2.05. The van der Waals surface area contributed by atoms with Crippen LogP contribution >= 0.6 is 11.6 Å². The summed E-state index contributed by atoms with van der Waals surface area (Å²) in [6.45, 7) is 2.71. The van der Waals surface area contributed by atoms with Crippen molar-refractivity contribution in [3.05, 3.63) is 34.9 Å². The average molecular weight is 291 g/mol. The molecule has 0 aliphatic rings. The molecule has 1 atom stereocenters. The van der Waals surface area contributed by atoms with Crippen molar-refractivity contribution in [1.29, 1.82) is 0 Å². The normalized spacial score (nSPS) is 13.5. The predicted octanol–water partition coefficient (Wildman–Crippen LogP) is 1.54. The molecule has 0 aliphatic heterocycles. The Labute approximate surface area is 114 Å². The third-order valence-corrected chi connectivity index (χ3v) is 3.66. The molecular weight excluding hydrogens is 272 g/mol. The van der Waals surface area contributed by atoms with Gasteiger partial charge in [-0.25, -0.2) is 13.6 Å². The molecule has 0 bridgehead atoms. The van der Waals surface area contributed by atoms with Gasteiger partial charge in [0.05, 0.1) is 5.75 Å². The van der Waals surface area contributed by atoms with Gasteiger partial charge < -0.3 is 5.32 Å². The summed E-state index contributed by atoms with van der Waals surface area (Å²) < 4.78 is 21.5. The van der Waals surface area contributed by atoms with Crippen molar-refractivity contribution < 1.29 is 8.42 Å². The van der Waals surface area contributed by atoms with Gasteiger partial charge in [0, 0.05) is 11.1 Å². The zero-order valence-electron chi connectivity index (χ0n) is 10.4. The smallest absolute Gasteiger partial charge is 0.209 e. The summed E-state index contributed by atoms with van der Waals surface area (Å²) in [5.41, 5.74) is 1.20.